The summed E-state index contributed by atoms with van der Waals surface area (Å²) < 4.78 is 10.6. The highest BCUT2D eigenvalue weighted by Gasteiger charge is 2.26. The Balaban J connectivity index is 1.58. The molecule has 0 saturated carbocycles. The van der Waals surface area contributed by atoms with Gasteiger partial charge in [-0.3, -0.25) is 4.79 Å². The Labute approximate surface area is 116 Å². The lowest BCUT2D eigenvalue weighted by Crippen LogP contribution is -3.11. The predicted octanol–water partition coefficient (Wildman–Crippen LogP) is 0.215. The SMILES string of the molecule is NC(=O)C1CC[NH+](Cc2cc(-c3ccco3)on2)CC1. The fourth-order valence-corrected chi connectivity index (χ4v) is 2.67. The van der Waals surface area contributed by atoms with Gasteiger partial charge in [0, 0.05) is 24.8 Å². The van der Waals surface area contributed by atoms with Crippen LogP contribution in [0.5, 0.6) is 0 Å². The van der Waals surface area contributed by atoms with Gasteiger partial charge in [-0.2, -0.15) is 0 Å². The normalized spacial score (nSPS) is 22.8. The lowest BCUT2D eigenvalue weighted by molar-refractivity contribution is -0.919. The van der Waals surface area contributed by atoms with Crippen LogP contribution in [0.4, 0.5) is 0 Å². The number of furan rings is 1. The highest BCUT2D eigenvalue weighted by atomic mass is 16.5. The quantitative estimate of drug-likeness (QED) is 0.836. The standard InChI is InChI=1S/C14H17N3O3/c15-14(18)10-3-5-17(6-4-10)9-11-8-13(20-16-11)12-2-1-7-19-12/h1-2,7-8,10H,3-6,9H2,(H2,15,18)/p+1. The Kier molecular flexibility index (Phi) is 3.56. The zero-order valence-corrected chi connectivity index (χ0v) is 11.2. The van der Waals surface area contributed by atoms with Crippen LogP contribution in [0.1, 0.15) is 18.5 Å². The number of likely N-dealkylation sites (tertiary alicyclic amines) is 1. The van der Waals surface area contributed by atoms with Gasteiger partial charge < -0.3 is 19.6 Å². The van der Waals surface area contributed by atoms with Gasteiger partial charge in [0.2, 0.25) is 11.7 Å². The van der Waals surface area contributed by atoms with Gasteiger partial charge in [0.1, 0.15) is 12.2 Å². The van der Waals surface area contributed by atoms with E-state index in [1.807, 2.05) is 18.2 Å². The average Bonchev–Trinajstić information content (AvgIpc) is 3.09. The third-order valence-corrected chi connectivity index (χ3v) is 3.85. The van der Waals surface area contributed by atoms with Crippen molar-refractivity contribution in [2.75, 3.05) is 13.1 Å². The lowest BCUT2D eigenvalue weighted by Gasteiger charge is -2.26. The number of quaternary nitrogens is 1. The molecule has 0 aromatic carbocycles. The molecule has 3 heterocycles. The molecular formula is C14H18N3O3+. The smallest absolute Gasteiger partial charge is 0.220 e. The Morgan fingerprint density at radius 1 is 1.40 bits per heavy atom. The Bertz CT molecular complexity index is 568. The Morgan fingerprint density at radius 3 is 2.85 bits per heavy atom. The lowest BCUT2D eigenvalue weighted by atomic mass is 9.96. The van der Waals surface area contributed by atoms with Gasteiger partial charge in [-0.1, -0.05) is 5.16 Å². The molecule has 1 aliphatic heterocycles. The number of hydrogen-bond acceptors (Lipinski definition) is 4. The van der Waals surface area contributed by atoms with Crippen LogP contribution in [-0.2, 0) is 11.3 Å². The molecule has 0 aliphatic carbocycles. The van der Waals surface area contributed by atoms with E-state index in [9.17, 15) is 4.79 Å². The molecule has 6 heteroatoms. The molecule has 0 atom stereocenters. The van der Waals surface area contributed by atoms with Crippen molar-refractivity contribution in [2.45, 2.75) is 19.4 Å². The molecule has 1 aliphatic rings. The summed E-state index contributed by atoms with van der Waals surface area (Å²) in [5.41, 5.74) is 6.24. The summed E-state index contributed by atoms with van der Waals surface area (Å²) in [7, 11) is 0. The molecule has 1 amide bonds. The van der Waals surface area contributed by atoms with Crippen LogP contribution in [0.15, 0.2) is 33.4 Å². The first-order chi connectivity index (χ1) is 9.72. The summed E-state index contributed by atoms with van der Waals surface area (Å²) in [5, 5.41) is 4.07. The number of rotatable bonds is 4. The summed E-state index contributed by atoms with van der Waals surface area (Å²) in [6, 6.07) is 5.57. The number of nitrogens with zero attached hydrogens (tertiary/aromatic N) is 1. The minimum atomic E-state index is -0.175. The summed E-state index contributed by atoms with van der Waals surface area (Å²) in [6.07, 6.45) is 3.32. The molecular weight excluding hydrogens is 258 g/mol. The highest BCUT2D eigenvalue weighted by molar-refractivity contribution is 5.76. The topological polar surface area (TPSA) is 86.7 Å². The van der Waals surface area contributed by atoms with Gasteiger partial charge in [-0.05, 0) is 12.1 Å². The number of hydrogen-bond donors (Lipinski definition) is 2. The van der Waals surface area contributed by atoms with Crippen molar-refractivity contribution in [3.63, 3.8) is 0 Å². The van der Waals surface area contributed by atoms with Crippen molar-refractivity contribution < 1.29 is 18.6 Å². The Hall–Kier alpha value is -2.08. The number of carbonyl (C=O) groups is 1. The van der Waals surface area contributed by atoms with Gasteiger partial charge in [0.25, 0.3) is 0 Å². The second kappa shape index (κ2) is 5.50. The first-order valence-corrected chi connectivity index (χ1v) is 6.85. The van der Waals surface area contributed by atoms with Crippen LogP contribution in [-0.4, -0.2) is 24.2 Å². The molecule has 0 spiro atoms. The zero-order valence-electron chi connectivity index (χ0n) is 11.2. The molecule has 0 radical (unpaired) electrons. The van der Waals surface area contributed by atoms with E-state index >= 15 is 0 Å². The van der Waals surface area contributed by atoms with E-state index in [0.29, 0.717) is 11.5 Å². The van der Waals surface area contributed by atoms with Crippen LogP contribution in [0.2, 0.25) is 0 Å². The van der Waals surface area contributed by atoms with E-state index < -0.39 is 0 Å². The van der Waals surface area contributed by atoms with Gasteiger partial charge >= 0.3 is 0 Å². The fraction of sp³-hybridized carbons (Fsp3) is 0.429. The minimum Gasteiger partial charge on any atom is -0.461 e. The predicted molar refractivity (Wildman–Crippen MR) is 70.5 cm³/mol. The first-order valence-electron chi connectivity index (χ1n) is 6.85. The van der Waals surface area contributed by atoms with Crippen molar-refractivity contribution in [3.8, 4) is 11.5 Å². The second-order valence-electron chi connectivity index (χ2n) is 5.26. The van der Waals surface area contributed by atoms with Crippen LogP contribution < -0.4 is 10.6 Å². The van der Waals surface area contributed by atoms with Gasteiger partial charge in [-0.25, -0.2) is 0 Å². The molecule has 0 unspecified atom stereocenters. The number of carbonyl (C=O) groups excluding carboxylic acids is 1. The van der Waals surface area contributed by atoms with Gasteiger partial charge in [-0.15, -0.1) is 0 Å². The summed E-state index contributed by atoms with van der Waals surface area (Å²) in [5.74, 6) is 1.20. The van der Waals surface area contributed by atoms with Crippen LogP contribution in [0, 0.1) is 5.92 Å². The molecule has 1 fully saturated rings. The number of nitrogens with two attached hydrogens (primary N) is 1. The van der Waals surface area contributed by atoms with E-state index in [0.717, 1.165) is 38.2 Å². The molecule has 0 bridgehead atoms. The molecule has 20 heavy (non-hydrogen) atoms. The van der Waals surface area contributed by atoms with Crippen molar-refractivity contribution in [1.82, 2.24) is 5.16 Å². The number of aromatic nitrogens is 1. The van der Waals surface area contributed by atoms with Crippen molar-refractivity contribution >= 4 is 5.91 Å². The van der Waals surface area contributed by atoms with E-state index in [4.69, 9.17) is 14.7 Å². The van der Waals surface area contributed by atoms with E-state index in [1.54, 1.807) is 6.26 Å². The number of primary amides is 1. The van der Waals surface area contributed by atoms with E-state index in [1.165, 1.54) is 4.90 Å². The zero-order chi connectivity index (χ0) is 13.9. The van der Waals surface area contributed by atoms with Crippen LogP contribution in [0.3, 0.4) is 0 Å². The molecule has 1 saturated heterocycles. The number of piperidine rings is 1. The first kappa shape index (κ1) is 12.9. The molecule has 106 valence electrons. The highest BCUT2D eigenvalue weighted by Crippen LogP contribution is 2.20. The fourth-order valence-electron chi connectivity index (χ4n) is 2.67. The maximum atomic E-state index is 11.1. The summed E-state index contributed by atoms with van der Waals surface area (Å²) >= 11 is 0. The van der Waals surface area contributed by atoms with Crippen molar-refractivity contribution in [2.24, 2.45) is 11.7 Å². The van der Waals surface area contributed by atoms with E-state index in [2.05, 4.69) is 5.16 Å². The average molecular weight is 276 g/mol. The maximum absolute atomic E-state index is 11.1. The van der Waals surface area contributed by atoms with Crippen molar-refractivity contribution in [3.05, 3.63) is 30.2 Å². The largest absolute Gasteiger partial charge is 0.461 e. The Morgan fingerprint density at radius 2 is 2.20 bits per heavy atom. The molecule has 3 N–H and O–H groups in total. The molecule has 2 aromatic rings. The maximum Gasteiger partial charge on any atom is 0.220 e. The monoisotopic (exact) mass is 276 g/mol. The van der Waals surface area contributed by atoms with Gasteiger partial charge in [0.05, 0.1) is 19.4 Å². The minimum absolute atomic E-state index is 0.0368. The third kappa shape index (κ3) is 2.75. The van der Waals surface area contributed by atoms with Crippen LogP contribution in [0.25, 0.3) is 11.5 Å². The molecule has 6 nitrogen and oxygen atoms in total. The number of amides is 1. The van der Waals surface area contributed by atoms with Crippen molar-refractivity contribution in [1.29, 1.82) is 0 Å². The van der Waals surface area contributed by atoms with E-state index in [-0.39, 0.29) is 11.8 Å². The van der Waals surface area contributed by atoms with Crippen LogP contribution >= 0.6 is 0 Å². The number of nitrogens with one attached hydrogen (secondary N) is 1. The third-order valence-electron chi connectivity index (χ3n) is 3.85. The van der Waals surface area contributed by atoms with Gasteiger partial charge in [0.15, 0.2) is 5.76 Å². The second-order valence-corrected chi connectivity index (χ2v) is 5.26. The molecule has 2 aromatic heterocycles. The summed E-state index contributed by atoms with van der Waals surface area (Å²) in [6.45, 7) is 2.68. The molecule has 3 rings (SSSR count). The summed E-state index contributed by atoms with van der Waals surface area (Å²) in [4.78, 5) is 12.5.